The second-order valence-electron chi connectivity index (χ2n) is 6.53. The van der Waals surface area contributed by atoms with Crippen LogP contribution in [0.3, 0.4) is 0 Å². The van der Waals surface area contributed by atoms with Crippen molar-refractivity contribution in [2.45, 2.75) is 63.5 Å². The highest BCUT2D eigenvalue weighted by molar-refractivity contribution is 4.94. The van der Waals surface area contributed by atoms with Crippen LogP contribution in [0.15, 0.2) is 0 Å². The molecular weight excluding hydrogens is 250 g/mol. The van der Waals surface area contributed by atoms with E-state index in [0.717, 1.165) is 58.4 Å². The topological polar surface area (TPSA) is 50.5 Å². The molecule has 0 radical (unpaired) electrons. The summed E-state index contributed by atoms with van der Waals surface area (Å²) in [5.74, 6) is 0. The Labute approximate surface area is 123 Å². The third kappa shape index (κ3) is 4.18. The van der Waals surface area contributed by atoms with Gasteiger partial charge in [0.15, 0.2) is 0 Å². The molecule has 4 nitrogen and oxygen atoms in total. The number of rotatable bonds is 5. The predicted molar refractivity (Wildman–Crippen MR) is 80.4 cm³/mol. The Balaban J connectivity index is 1.78. The van der Waals surface area contributed by atoms with Crippen LogP contribution >= 0.6 is 0 Å². The first-order valence-corrected chi connectivity index (χ1v) is 8.25. The highest BCUT2D eigenvalue weighted by atomic mass is 16.3. The van der Waals surface area contributed by atoms with Crippen molar-refractivity contribution in [3.63, 3.8) is 0 Å². The van der Waals surface area contributed by atoms with E-state index in [2.05, 4.69) is 22.8 Å². The zero-order chi connectivity index (χ0) is 14.4. The third-order valence-electron chi connectivity index (χ3n) is 4.86. The van der Waals surface area contributed by atoms with Crippen molar-refractivity contribution in [1.82, 2.24) is 9.80 Å². The summed E-state index contributed by atoms with van der Waals surface area (Å²) in [4.78, 5) is 4.70. The molecule has 0 bridgehead atoms. The summed E-state index contributed by atoms with van der Waals surface area (Å²) >= 11 is 0. The predicted octanol–water partition coefficient (Wildman–Crippen LogP) is 1.99. The molecule has 1 saturated heterocycles. The van der Waals surface area contributed by atoms with Gasteiger partial charge in [-0.05, 0) is 19.3 Å². The summed E-state index contributed by atoms with van der Waals surface area (Å²) < 4.78 is 0. The van der Waals surface area contributed by atoms with E-state index in [1.807, 2.05) is 0 Å². The summed E-state index contributed by atoms with van der Waals surface area (Å²) in [6.45, 7) is 6.88. The van der Waals surface area contributed by atoms with Gasteiger partial charge in [0.2, 0.25) is 0 Å². The molecule has 4 heteroatoms. The van der Waals surface area contributed by atoms with Crippen LogP contribution in [-0.2, 0) is 0 Å². The molecule has 0 aromatic heterocycles. The largest absolute Gasteiger partial charge is 0.389 e. The van der Waals surface area contributed by atoms with Gasteiger partial charge in [0.05, 0.1) is 17.7 Å². The minimum Gasteiger partial charge on any atom is -0.389 e. The Hall–Kier alpha value is -0.630. The van der Waals surface area contributed by atoms with Gasteiger partial charge in [0, 0.05) is 32.7 Å². The molecule has 1 aliphatic heterocycles. The lowest BCUT2D eigenvalue weighted by molar-refractivity contribution is -0.0370. The maximum atomic E-state index is 10.6. The number of aliphatic hydroxyl groups is 1. The molecule has 1 unspecified atom stereocenters. The second kappa shape index (κ2) is 7.40. The Morgan fingerprint density at radius 2 is 1.80 bits per heavy atom. The monoisotopic (exact) mass is 279 g/mol. The highest BCUT2D eigenvalue weighted by Crippen LogP contribution is 2.29. The van der Waals surface area contributed by atoms with Crippen LogP contribution in [0, 0.1) is 11.3 Å². The lowest BCUT2D eigenvalue weighted by Crippen LogP contribution is -2.54. The summed E-state index contributed by atoms with van der Waals surface area (Å²) in [5.41, 5.74) is -0.446. The van der Waals surface area contributed by atoms with Crippen LogP contribution < -0.4 is 0 Å². The lowest BCUT2D eigenvalue weighted by Gasteiger charge is -2.42. The summed E-state index contributed by atoms with van der Waals surface area (Å²) in [5, 5.41) is 19.9. The SMILES string of the molecule is CCCC(C#N)N1CCN(CC2(O)CCCCC2)CC1. The van der Waals surface area contributed by atoms with Crippen LogP contribution in [0.2, 0.25) is 0 Å². The zero-order valence-electron chi connectivity index (χ0n) is 12.9. The van der Waals surface area contributed by atoms with E-state index >= 15 is 0 Å². The van der Waals surface area contributed by atoms with E-state index in [0.29, 0.717) is 0 Å². The smallest absolute Gasteiger partial charge is 0.0978 e. The van der Waals surface area contributed by atoms with Crippen LogP contribution in [0.25, 0.3) is 0 Å². The fourth-order valence-electron chi connectivity index (χ4n) is 3.62. The number of nitrogens with zero attached hydrogens (tertiary/aromatic N) is 3. The quantitative estimate of drug-likeness (QED) is 0.836. The van der Waals surface area contributed by atoms with Crippen molar-refractivity contribution in [3.8, 4) is 6.07 Å². The first-order chi connectivity index (χ1) is 9.67. The van der Waals surface area contributed by atoms with E-state index in [1.165, 1.54) is 19.3 Å². The zero-order valence-corrected chi connectivity index (χ0v) is 12.9. The van der Waals surface area contributed by atoms with Gasteiger partial charge in [-0.2, -0.15) is 5.26 Å². The van der Waals surface area contributed by atoms with Crippen molar-refractivity contribution >= 4 is 0 Å². The maximum Gasteiger partial charge on any atom is 0.0978 e. The van der Waals surface area contributed by atoms with Gasteiger partial charge in [0.1, 0.15) is 0 Å². The summed E-state index contributed by atoms with van der Waals surface area (Å²) in [6, 6.07) is 2.52. The normalized spacial score (nSPS) is 26.1. The van der Waals surface area contributed by atoms with E-state index in [4.69, 9.17) is 0 Å². The van der Waals surface area contributed by atoms with E-state index in [-0.39, 0.29) is 6.04 Å². The molecule has 1 heterocycles. The Morgan fingerprint density at radius 1 is 1.15 bits per heavy atom. The van der Waals surface area contributed by atoms with Gasteiger partial charge in [-0.3, -0.25) is 9.80 Å². The van der Waals surface area contributed by atoms with Gasteiger partial charge in [-0.25, -0.2) is 0 Å². The molecule has 2 rings (SSSR count). The molecule has 0 aromatic rings. The molecular formula is C16H29N3O. The fraction of sp³-hybridized carbons (Fsp3) is 0.938. The molecule has 2 fully saturated rings. The summed E-state index contributed by atoms with van der Waals surface area (Å²) in [6.07, 6.45) is 7.58. The van der Waals surface area contributed by atoms with Crippen molar-refractivity contribution in [1.29, 1.82) is 5.26 Å². The highest BCUT2D eigenvalue weighted by Gasteiger charge is 2.33. The van der Waals surface area contributed by atoms with Crippen molar-refractivity contribution in [2.75, 3.05) is 32.7 Å². The number of β-amino-alcohol motifs (C(OH)–C–C–N with tert-alkyl or cyclic N) is 1. The standard InChI is InChI=1S/C16H29N3O/c1-2-6-15(13-17)19-11-9-18(10-12-19)14-16(20)7-4-3-5-8-16/h15,20H,2-12,14H2,1H3. The number of hydrogen-bond donors (Lipinski definition) is 1. The van der Waals surface area contributed by atoms with Crippen LogP contribution in [0.5, 0.6) is 0 Å². The van der Waals surface area contributed by atoms with Crippen LogP contribution in [0.4, 0.5) is 0 Å². The maximum absolute atomic E-state index is 10.6. The third-order valence-corrected chi connectivity index (χ3v) is 4.86. The lowest BCUT2D eigenvalue weighted by atomic mass is 9.84. The number of piperazine rings is 1. The molecule has 0 spiro atoms. The molecule has 114 valence electrons. The molecule has 1 saturated carbocycles. The summed E-state index contributed by atoms with van der Waals surface area (Å²) in [7, 11) is 0. The van der Waals surface area contributed by atoms with Crippen LogP contribution in [-0.4, -0.2) is 59.3 Å². The van der Waals surface area contributed by atoms with E-state index < -0.39 is 5.60 Å². The van der Waals surface area contributed by atoms with Gasteiger partial charge in [-0.15, -0.1) is 0 Å². The Kier molecular flexibility index (Phi) is 5.83. The molecule has 1 atom stereocenters. The van der Waals surface area contributed by atoms with E-state index in [1.54, 1.807) is 0 Å². The molecule has 1 N–H and O–H groups in total. The van der Waals surface area contributed by atoms with Crippen LogP contribution in [0.1, 0.15) is 51.9 Å². The van der Waals surface area contributed by atoms with Crippen molar-refractivity contribution in [2.24, 2.45) is 0 Å². The molecule has 1 aliphatic carbocycles. The first-order valence-electron chi connectivity index (χ1n) is 8.25. The average Bonchev–Trinajstić information content (AvgIpc) is 2.46. The van der Waals surface area contributed by atoms with Gasteiger partial charge >= 0.3 is 0 Å². The number of hydrogen-bond acceptors (Lipinski definition) is 4. The van der Waals surface area contributed by atoms with Gasteiger partial charge < -0.3 is 5.11 Å². The minimum atomic E-state index is -0.446. The Bertz CT molecular complexity index is 325. The Morgan fingerprint density at radius 3 is 2.35 bits per heavy atom. The molecule has 0 amide bonds. The number of nitriles is 1. The van der Waals surface area contributed by atoms with E-state index in [9.17, 15) is 10.4 Å². The molecule has 0 aromatic carbocycles. The molecule has 20 heavy (non-hydrogen) atoms. The second-order valence-corrected chi connectivity index (χ2v) is 6.53. The van der Waals surface area contributed by atoms with Gasteiger partial charge in [-0.1, -0.05) is 32.6 Å². The van der Waals surface area contributed by atoms with Crippen molar-refractivity contribution in [3.05, 3.63) is 0 Å². The first kappa shape index (κ1) is 15.8. The fourth-order valence-corrected chi connectivity index (χ4v) is 3.62. The molecule has 2 aliphatic rings. The minimum absolute atomic E-state index is 0.0833. The van der Waals surface area contributed by atoms with Gasteiger partial charge in [0.25, 0.3) is 0 Å². The van der Waals surface area contributed by atoms with Crippen molar-refractivity contribution < 1.29 is 5.11 Å². The average molecular weight is 279 g/mol.